The predicted molar refractivity (Wildman–Crippen MR) is 53.3 cm³/mol. The van der Waals surface area contributed by atoms with Crippen molar-refractivity contribution in [3.63, 3.8) is 0 Å². The first kappa shape index (κ1) is 8.37. The monoisotopic (exact) mass is 182 g/mol. The number of hydrogen-bond donors (Lipinski definition) is 0. The molecule has 4 atom stereocenters. The Morgan fingerprint density at radius 3 is 2.92 bits per heavy atom. The molecule has 0 aromatic rings. The molecule has 2 aliphatic carbocycles. The molecule has 0 aromatic heterocycles. The molecule has 1 fully saturated rings. The van der Waals surface area contributed by atoms with Gasteiger partial charge in [0.05, 0.1) is 5.38 Å². The second-order valence-corrected chi connectivity index (χ2v) is 4.51. The second kappa shape index (κ2) is 3.26. The largest absolute Gasteiger partial charge is 0.118 e. The molecule has 0 spiro atoms. The molecule has 0 aromatic carbocycles. The van der Waals surface area contributed by atoms with E-state index < -0.39 is 0 Å². The molecular weight excluding hydrogens is 168 g/mol. The molecule has 2 rings (SSSR count). The van der Waals surface area contributed by atoms with Crippen molar-refractivity contribution in [3.05, 3.63) is 24.8 Å². The summed E-state index contributed by atoms with van der Waals surface area (Å²) in [5.74, 6) is 2.30. The SMILES string of the molecule is C=C[C@@H]1CC[C@H]2C[C@@H](Cl)C=C[C@H]21. The van der Waals surface area contributed by atoms with E-state index in [9.17, 15) is 0 Å². The lowest BCUT2D eigenvalue weighted by molar-refractivity contribution is 0.385. The summed E-state index contributed by atoms with van der Waals surface area (Å²) in [6.45, 7) is 3.89. The zero-order valence-electron chi connectivity index (χ0n) is 7.25. The highest BCUT2D eigenvalue weighted by Crippen LogP contribution is 2.44. The maximum atomic E-state index is 6.06. The van der Waals surface area contributed by atoms with Gasteiger partial charge >= 0.3 is 0 Å². The van der Waals surface area contributed by atoms with Gasteiger partial charge in [-0.05, 0) is 37.0 Å². The first-order valence-corrected chi connectivity index (χ1v) is 5.20. The summed E-state index contributed by atoms with van der Waals surface area (Å²) in [6, 6.07) is 0. The van der Waals surface area contributed by atoms with Crippen molar-refractivity contribution >= 4 is 11.6 Å². The number of fused-ring (bicyclic) bond motifs is 1. The Hall–Kier alpha value is -0.230. The van der Waals surface area contributed by atoms with Gasteiger partial charge in [0.25, 0.3) is 0 Å². The number of allylic oxidation sites excluding steroid dienone is 3. The van der Waals surface area contributed by atoms with Crippen LogP contribution in [-0.4, -0.2) is 5.38 Å². The molecule has 2 aliphatic rings. The fourth-order valence-electron chi connectivity index (χ4n) is 2.61. The predicted octanol–water partition coefficient (Wildman–Crippen LogP) is 3.38. The van der Waals surface area contributed by atoms with Crippen molar-refractivity contribution in [3.8, 4) is 0 Å². The molecule has 0 amide bonds. The highest BCUT2D eigenvalue weighted by molar-refractivity contribution is 6.21. The van der Waals surface area contributed by atoms with Crippen LogP contribution >= 0.6 is 11.6 Å². The maximum absolute atomic E-state index is 6.06. The number of alkyl halides is 1. The van der Waals surface area contributed by atoms with Crippen molar-refractivity contribution in [2.45, 2.75) is 24.6 Å². The van der Waals surface area contributed by atoms with Crippen LogP contribution in [0, 0.1) is 17.8 Å². The third kappa shape index (κ3) is 1.33. The Kier molecular flexibility index (Phi) is 2.27. The lowest BCUT2D eigenvalue weighted by Crippen LogP contribution is -2.19. The molecule has 0 heterocycles. The summed E-state index contributed by atoms with van der Waals surface area (Å²) in [5.41, 5.74) is 0. The van der Waals surface area contributed by atoms with Gasteiger partial charge in [-0.25, -0.2) is 0 Å². The summed E-state index contributed by atoms with van der Waals surface area (Å²) in [4.78, 5) is 0. The Bertz CT molecular complexity index is 207. The van der Waals surface area contributed by atoms with E-state index in [4.69, 9.17) is 11.6 Å². The zero-order valence-corrected chi connectivity index (χ0v) is 8.00. The molecule has 0 bridgehead atoms. The van der Waals surface area contributed by atoms with Crippen molar-refractivity contribution in [2.75, 3.05) is 0 Å². The van der Waals surface area contributed by atoms with E-state index >= 15 is 0 Å². The van der Waals surface area contributed by atoms with Crippen molar-refractivity contribution in [1.29, 1.82) is 0 Å². The number of halogens is 1. The molecule has 1 saturated carbocycles. The molecule has 66 valence electrons. The molecule has 0 aliphatic heterocycles. The van der Waals surface area contributed by atoms with Gasteiger partial charge in [0, 0.05) is 0 Å². The summed E-state index contributed by atoms with van der Waals surface area (Å²) in [7, 11) is 0. The van der Waals surface area contributed by atoms with E-state index in [2.05, 4.69) is 24.8 Å². The minimum atomic E-state index is 0.287. The molecule has 0 nitrogen and oxygen atoms in total. The Morgan fingerprint density at radius 2 is 2.17 bits per heavy atom. The van der Waals surface area contributed by atoms with E-state index in [1.807, 2.05) is 0 Å². The third-order valence-corrected chi connectivity index (χ3v) is 3.61. The van der Waals surface area contributed by atoms with Crippen molar-refractivity contribution < 1.29 is 0 Å². The normalized spacial score (nSPS) is 45.8. The van der Waals surface area contributed by atoms with E-state index in [1.54, 1.807) is 0 Å². The number of hydrogen-bond acceptors (Lipinski definition) is 0. The highest BCUT2D eigenvalue weighted by Gasteiger charge is 2.35. The minimum Gasteiger partial charge on any atom is -0.118 e. The Morgan fingerprint density at radius 1 is 1.33 bits per heavy atom. The fourth-order valence-corrected chi connectivity index (χ4v) is 2.92. The highest BCUT2D eigenvalue weighted by atomic mass is 35.5. The third-order valence-electron chi connectivity index (χ3n) is 3.28. The first-order valence-electron chi connectivity index (χ1n) is 4.76. The smallest absolute Gasteiger partial charge is 0.0518 e. The van der Waals surface area contributed by atoms with E-state index in [0.29, 0.717) is 0 Å². The standard InChI is InChI=1S/C11H15Cl/c1-2-8-3-4-9-7-10(12)5-6-11(8)9/h2,5-6,8-11H,1,3-4,7H2/t8-,9+,10+,11+/m1/s1. The first-order chi connectivity index (χ1) is 5.81. The Balaban J connectivity index is 2.13. The van der Waals surface area contributed by atoms with E-state index in [1.165, 1.54) is 19.3 Å². The van der Waals surface area contributed by atoms with E-state index in [0.717, 1.165) is 17.8 Å². The van der Waals surface area contributed by atoms with Crippen LogP contribution in [0.15, 0.2) is 24.8 Å². The second-order valence-electron chi connectivity index (χ2n) is 3.95. The quantitative estimate of drug-likeness (QED) is 0.431. The molecule has 0 unspecified atom stereocenters. The molecule has 1 heteroatoms. The lowest BCUT2D eigenvalue weighted by Gasteiger charge is -2.25. The lowest BCUT2D eigenvalue weighted by atomic mass is 9.82. The minimum absolute atomic E-state index is 0.287. The molecule has 0 radical (unpaired) electrons. The average molecular weight is 183 g/mol. The van der Waals surface area contributed by atoms with Crippen LogP contribution in [-0.2, 0) is 0 Å². The molecule has 12 heavy (non-hydrogen) atoms. The van der Waals surface area contributed by atoms with Crippen molar-refractivity contribution in [2.24, 2.45) is 17.8 Å². The molecule has 0 saturated heterocycles. The summed E-state index contributed by atoms with van der Waals surface area (Å²) >= 11 is 6.06. The Labute approximate surface area is 79.3 Å². The van der Waals surface area contributed by atoms with Crippen LogP contribution in [0.25, 0.3) is 0 Å². The van der Waals surface area contributed by atoms with Crippen LogP contribution < -0.4 is 0 Å². The van der Waals surface area contributed by atoms with Gasteiger partial charge < -0.3 is 0 Å². The maximum Gasteiger partial charge on any atom is 0.0518 e. The zero-order chi connectivity index (χ0) is 8.55. The van der Waals surface area contributed by atoms with Crippen LogP contribution in [0.3, 0.4) is 0 Å². The van der Waals surface area contributed by atoms with Gasteiger partial charge in [0.2, 0.25) is 0 Å². The molecular formula is C11H15Cl. The van der Waals surface area contributed by atoms with Gasteiger partial charge in [-0.1, -0.05) is 18.2 Å². The summed E-state index contributed by atoms with van der Waals surface area (Å²) in [5, 5.41) is 0.287. The topological polar surface area (TPSA) is 0 Å². The van der Waals surface area contributed by atoms with Gasteiger partial charge in [-0.3, -0.25) is 0 Å². The van der Waals surface area contributed by atoms with Gasteiger partial charge in [-0.2, -0.15) is 0 Å². The van der Waals surface area contributed by atoms with Gasteiger partial charge in [0.1, 0.15) is 0 Å². The van der Waals surface area contributed by atoms with Crippen LogP contribution in [0.2, 0.25) is 0 Å². The van der Waals surface area contributed by atoms with Gasteiger partial charge in [0.15, 0.2) is 0 Å². The average Bonchev–Trinajstić information content (AvgIpc) is 2.46. The van der Waals surface area contributed by atoms with E-state index in [-0.39, 0.29) is 5.38 Å². The summed E-state index contributed by atoms with van der Waals surface area (Å²) < 4.78 is 0. The van der Waals surface area contributed by atoms with Crippen LogP contribution in [0.5, 0.6) is 0 Å². The summed E-state index contributed by atoms with van der Waals surface area (Å²) in [6.07, 6.45) is 10.4. The van der Waals surface area contributed by atoms with Crippen molar-refractivity contribution in [1.82, 2.24) is 0 Å². The van der Waals surface area contributed by atoms with Gasteiger partial charge in [-0.15, -0.1) is 18.2 Å². The van der Waals surface area contributed by atoms with Crippen LogP contribution in [0.4, 0.5) is 0 Å². The molecule has 0 N–H and O–H groups in total. The van der Waals surface area contributed by atoms with Crippen LogP contribution in [0.1, 0.15) is 19.3 Å². The fraction of sp³-hybridized carbons (Fsp3) is 0.636. The number of rotatable bonds is 1.